The second-order valence-corrected chi connectivity index (χ2v) is 4.55. The van der Waals surface area contributed by atoms with E-state index in [2.05, 4.69) is 20.3 Å². The van der Waals surface area contributed by atoms with Crippen molar-refractivity contribution in [3.8, 4) is 0 Å². The number of hydrogen-bond acceptors (Lipinski definition) is 5. The molecule has 2 aromatic heterocycles. The van der Waals surface area contributed by atoms with Crippen LogP contribution in [0, 0.1) is 6.92 Å². The zero-order chi connectivity index (χ0) is 13.7. The van der Waals surface area contributed by atoms with Crippen molar-refractivity contribution in [3.63, 3.8) is 0 Å². The van der Waals surface area contributed by atoms with Crippen molar-refractivity contribution in [1.29, 1.82) is 0 Å². The van der Waals surface area contributed by atoms with Crippen LogP contribution in [0.1, 0.15) is 17.0 Å². The minimum atomic E-state index is 0.280. The maximum atomic E-state index is 5.58. The predicted octanol–water partition coefficient (Wildman–Crippen LogP) is 1.47. The topological polar surface area (TPSA) is 76.7 Å². The van der Waals surface area contributed by atoms with Gasteiger partial charge in [-0.2, -0.15) is 0 Å². The van der Waals surface area contributed by atoms with E-state index in [1.807, 2.05) is 19.1 Å². The molecular formula is C13H15N5S. The molecule has 2 heterocycles. The number of thiocarbonyl (C=S) groups is 1. The highest BCUT2D eigenvalue weighted by atomic mass is 32.1. The molecule has 98 valence electrons. The van der Waals surface area contributed by atoms with Crippen LogP contribution in [-0.4, -0.2) is 26.5 Å². The van der Waals surface area contributed by atoms with Crippen LogP contribution < -0.4 is 11.1 Å². The summed E-state index contributed by atoms with van der Waals surface area (Å²) in [6, 6.07) is 5.74. The number of nitrogens with one attached hydrogen (secondary N) is 1. The number of aryl methyl sites for hydroxylation is 1. The van der Waals surface area contributed by atoms with E-state index in [9.17, 15) is 0 Å². The largest absolute Gasteiger partial charge is 0.388 e. The number of rotatable bonds is 5. The van der Waals surface area contributed by atoms with E-state index in [-0.39, 0.29) is 4.99 Å². The summed E-state index contributed by atoms with van der Waals surface area (Å²) in [5, 5.41) is 3.17. The minimum absolute atomic E-state index is 0.280. The molecule has 0 aliphatic heterocycles. The molecule has 0 radical (unpaired) electrons. The highest BCUT2D eigenvalue weighted by Crippen LogP contribution is 2.05. The molecule has 2 rings (SSSR count). The molecule has 0 spiro atoms. The summed E-state index contributed by atoms with van der Waals surface area (Å²) >= 11 is 4.92. The molecule has 6 heteroatoms. The molecule has 0 unspecified atom stereocenters. The van der Waals surface area contributed by atoms with E-state index in [0.717, 1.165) is 18.7 Å². The van der Waals surface area contributed by atoms with E-state index in [1.165, 1.54) is 5.56 Å². The summed E-state index contributed by atoms with van der Waals surface area (Å²) in [6.07, 6.45) is 4.44. The van der Waals surface area contributed by atoms with Gasteiger partial charge in [0.15, 0.2) is 0 Å². The molecule has 0 atom stereocenters. The van der Waals surface area contributed by atoms with Gasteiger partial charge in [-0.3, -0.25) is 4.98 Å². The fraction of sp³-hybridized carbons (Fsp3) is 0.231. The van der Waals surface area contributed by atoms with Crippen molar-refractivity contribution in [2.45, 2.75) is 13.3 Å². The molecule has 0 aromatic carbocycles. The second-order valence-electron chi connectivity index (χ2n) is 4.11. The van der Waals surface area contributed by atoms with Crippen molar-refractivity contribution < 1.29 is 0 Å². The minimum Gasteiger partial charge on any atom is -0.388 e. The van der Waals surface area contributed by atoms with E-state index in [4.69, 9.17) is 18.0 Å². The van der Waals surface area contributed by atoms with Crippen LogP contribution in [0.15, 0.2) is 30.6 Å². The lowest BCUT2D eigenvalue weighted by atomic mass is 10.2. The molecule has 0 aliphatic carbocycles. The van der Waals surface area contributed by atoms with Crippen LogP contribution in [0.2, 0.25) is 0 Å². The average molecular weight is 273 g/mol. The molecule has 0 saturated carbocycles. The first-order valence-corrected chi connectivity index (χ1v) is 6.34. The maximum Gasteiger partial charge on any atom is 0.223 e. The average Bonchev–Trinajstić information content (AvgIpc) is 2.39. The van der Waals surface area contributed by atoms with E-state index >= 15 is 0 Å². The van der Waals surface area contributed by atoms with Crippen LogP contribution in [-0.2, 0) is 6.42 Å². The predicted molar refractivity (Wildman–Crippen MR) is 79.1 cm³/mol. The standard InChI is InChI=1S/C13H15N5S/c1-9-8-11(12(14)19)18-13(17-9)16-7-4-10-2-5-15-6-3-10/h2-3,5-6,8H,4,7H2,1H3,(H2,14,19)(H,16,17,18). The third kappa shape index (κ3) is 3.96. The fourth-order valence-electron chi connectivity index (χ4n) is 1.64. The Kier molecular flexibility index (Phi) is 4.35. The van der Waals surface area contributed by atoms with Gasteiger partial charge in [0.25, 0.3) is 0 Å². The number of anilines is 1. The molecule has 19 heavy (non-hydrogen) atoms. The van der Waals surface area contributed by atoms with Gasteiger partial charge in [-0.15, -0.1) is 0 Å². The summed E-state index contributed by atoms with van der Waals surface area (Å²) in [4.78, 5) is 12.8. The second kappa shape index (κ2) is 6.19. The number of hydrogen-bond donors (Lipinski definition) is 2. The van der Waals surface area contributed by atoms with Gasteiger partial charge in [-0.05, 0) is 37.1 Å². The number of nitrogens with two attached hydrogens (primary N) is 1. The van der Waals surface area contributed by atoms with Gasteiger partial charge >= 0.3 is 0 Å². The third-order valence-corrected chi connectivity index (χ3v) is 2.76. The van der Waals surface area contributed by atoms with Gasteiger partial charge < -0.3 is 11.1 Å². The Hall–Kier alpha value is -2.08. The Bertz CT molecular complexity index is 571. The van der Waals surface area contributed by atoms with Gasteiger partial charge in [0.05, 0.1) is 0 Å². The Morgan fingerprint density at radius 3 is 2.74 bits per heavy atom. The van der Waals surface area contributed by atoms with Gasteiger partial charge in [0.1, 0.15) is 10.7 Å². The summed E-state index contributed by atoms with van der Waals surface area (Å²) in [5.41, 5.74) is 8.22. The Balaban J connectivity index is 1.98. The SMILES string of the molecule is Cc1cc(C(N)=S)nc(NCCc2ccncc2)n1. The molecule has 0 aliphatic rings. The molecule has 0 amide bonds. The quantitative estimate of drug-likeness (QED) is 0.803. The zero-order valence-electron chi connectivity index (χ0n) is 10.6. The molecule has 3 N–H and O–H groups in total. The van der Waals surface area contributed by atoms with Gasteiger partial charge in [0.2, 0.25) is 5.95 Å². The number of pyridine rings is 1. The van der Waals surface area contributed by atoms with Crippen molar-refractivity contribution in [2.24, 2.45) is 5.73 Å². The fourth-order valence-corrected chi connectivity index (χ4v) is 1.75. The molecule has 2 aromatic rings. The summed E-state index contributed by atoms with van der Waals surface area (Å²) in [7, 11) is 0. The number of aromatic nitrogens is 3. The number of nitrogens with zero attached hydrogens (tertiary/aromatic N) is 3. The van der Waals surface area contributed by atoms with Gasteiger partial charge in [0, 0.05) is 24.6 Å². The lowest BCUT2D eigenvalue weighted by molar-refractivity contribution is 0.968. The summed E-state index contributed by atoms with van der Waals surface area (Å²) in [6.45, 7) is 2.63. The van der Waals surface area contributed by atoms with Gasteiger partial charge in [-0.25, -0.2) is 9.97 Å². The maximum absolute atomic E-state index is 5.58. The van der Waals surface area contributed by atoms with Crippen LogP contribution in [0.5, 0.6) is 0 Å². The normalized spacial score (nSPS) is 10.2. The Labute approximate surface area is 117 Å². The van der Waals surface area contributed by atoms with Crippen molar-refractivity contribution >= 4 is 23.2 Å². The first-order chi connectivity index (χ1) is 9.15. The summed E-state index contributed by atoms with van der Waals surface area (Å²) < 4.78 is 0. The van der Waals surface area contributed by atoms with Gasteiger partial charge in [-0.1, -0.05) is 12.2 Å². The van der Waals surface area contributed by atoms with E-state index < -0.39 is 0 Å². The summed E-state index contributed by atoms with van der Waals surface area (Å²) in [5.74, 6) is 0.553. The monoisotopic (exact) mass is 273 g/mol. The molecule has 0 bridgehead atoms. The Morgan fingerprint density at radius 2 is 2.05 bits per heavy atom. The van der Waals surface area contributed by atoms with E-state index in [0.29, 0.717) is 11.6 Å². The zero-order valence-corrected chi connectivity index (χ0v) is 11.4. The van der Waals surface area contributed by atoms with Crippen molar-refractivity contribution in [3.05, 3.63) is 47.5 Å². The molecule has 0 fully saturated rings. The first-order valence-electron chi connectivity index (χ1n) is 5.93. The van der Waals surface area contributed by atoms with Crippen LogP contribution >= 0.6 is 12.2 Å². The highest BCUT2D eigenvalue weighted by molar-refractivity contribution is 7.80. The molecular weight excluding hydrogens is 258 g/mol. The highest BCUT2D eigenvalue weighted by Gasteiger charge is 2.04. The molecule has 0 saturated heterocycles. The van der Waals surface area contributed by atoms with Crippen molar-refractivity contribution in [2.75, 3.05) is 11.9 Å². The van der Waals surface area contributed by atoms with Crippen LogP contribution in [0.4, 0.5) is 5.95 Å². The Morgan fingerprint density at radius 1 is 1.32 bits per heavy atom. The molecule has 5 nitrogen and oxygen atoms in total. The van der Waals surface area contributed by atoms with E-state index in [1.54, 1.807) is 18.5 Å². The van der Waals surface area contributed by atoms with Crippen LogP contribution in [0.25, 0.3) is 0 Å². The van der Waals surface area contributed by atoms with Crippen LogP contribution in [0.3, 0.4) is 0 Å². The third-order valence-electron chi connectivity index (χ3n) is 2.55. The lowest BCUT2D eigenvalue weighted by Gasteiger charge is -2.07. The first kappa shape index (κ1) is 13.4. The smallest absolute Gasteiger partial charge is 0.223 e. The lowest BCUT2D eigenvalue weighted by Crippen LogP contribution is -2.15. The van der Waals surface area contributed by atoms with Crippen molar-refractivity contribution in [1.82, 2.24) is 15.0 Å².